The van der Waals surface area contributed by atoms with Crippen LogP contribution in [0.4, 0.5) is 24.5 Å². The zero-order chi connectivity index (χ0) is 19.2. The van der Waals surface area contributed by atoms with Gasteiger partial charge in [-0.3, -0.25) is 14.9 Å². The lowest BCUT2D eigenvalue weighted by Gasteiger charge is -2.24. The summed E-state index contributed by atoms with van der Waals surface area (Å²) >= 11 is 5.65. The van der Waals surface area contributed by atoms with E-state index in [1.165, 1.54) is 12.0 Å². The van der Waals surface area contributed by atoms with E-state index in [0.29, 0.717) is 6.07 Å². The molecule has 0 aromatic heterocycles. The summed E-state index contributed by atoms with van der Waals surface area (Å²) in [5.74, 6) is -0.691. The summed E-state index contributed by atoms with van der Waals surface area (Å²) in [6.07, 6.45) is -4.85. The number of ether oxygens (including phenoxy) is 2. The molecule has 1 aromatic rings. The summed E-state index contributed by atoms with van der Waals surface area (Å²) in [7, 11) is 1.37. The Bertz CT molecular complexity index is 640. The van der Waals surface area contributed by atoms with Gasteiger partial charge in [0.25, 0.3) is 5.69 Å². The highest BCUT2D eigenvalue weighted by molar-refractivity contribution is 6.31. The van der Waals surface area contributed by atoms with Crippen LogP contribution in [0.5, 0.6) is 0 Å². The fourth-order valence-corrected chi connectivity index (χ4v) is 2.28. The Balaban J connectivity index is 3.38. The van der Waals surface area contributed by atoms with Crippen LogP contribution in [0.1, 0.15) is 12.5 Å². The van der Waals surface area contributed by atoms with Gasteiger partial charge in [0.1, 0.15) is 12.2 Å². The van der Waals surface area contributed by atoms with Gasteiger partial charge in [0.2, 0.25) is 0 Å². The summed E-state index contributed by atoms with van der Waals surface area (Å²) in [4.78, 5) is 23.1. The highest BCUT2D eigenvalue weighted by Crippen LogP contribution is 2.41. The van der Waals surface area contributed by atoms with Crippen LogP contribution < -0.4 is 4.90 Å². The van der Waals surface area contributed by atoms with Gasteiger partial charge >= 0.3 is 12.1 Å². The van der Waals surface area contributed by atoms with E-state index in [-0.39, 0.29) is 25.4 Å². The van der Waals surface area contributed by atoms with Crippen molar-refractivity contribution >= 4 is 28.9 Å². The highest BCUT2D eigenvalue weighted by atomic mass is 35.5. The number of rotatable bonds is 8. The average Bonchev–Trinajstić information content (AvgIpc) is 2.49. The third kappa shape index (κ3) is 5.75. The number of nitro benzene ring substituents is 1. The molecule has 0 unspecified atom stereocenters. The van der Waals surface area contributed by atoms with Gasteiger partial charge in [-0.15, -0.1) is 0 Å². The van der Waals surface area contributed by atoms with E-state index in [1.54, 1.807) is 6.92 Å². The molecule has 25 heavy (non-hydrogen) atoms. The molecule has 1 rings (SSSR count). The smallest absolute Gasteiger partial charge is 0.418 e. The normalized spacial score (nSPS) is 11.3. The van der Waals surface area contributed by atoms with E-state index in [2.05, 4.69) is 0 Å². The summed E-state index contributed by atoms with van der Waals surface area (Å²) in [5.41, 5.74) is -2.38. The van der Waals surface area contributed by atoms with Crippen molar-refractivity contribution < 1.29 is 32.4 Å². The lowest BCUT2D eigenvalue weighted by molar-refractivity contribution is -0.384. The van der Waals surface area contributed by atoms with E-state index in [4.69, 9.17) is 21.1 Å². The first kappa shape index (κ1) is 21.0. The van der Waals surface area contributed by atoms with Gasteiger partial charge in [-0.25, -0.2) is 0 Å². The van der Waals surface area contributed by atoms with E-state index in [1.807, 2.05) is 0 Å². The van der Waals surface area contributed by atoms with Gasteiger partial charge in [0.15, 0.2) is 0 Å². The molecule has 0 amide bonds. The number of carbonyl (C=O) groups is 1. The Morgan fingerprint density at radius 1 is 1.40 bits per heavy atom. The van der Waals surface area contributed by atoms with Crippen LogP contribution in [0.3, 0.4) is 0 Å². The minimum atomic E-state index is -4.85. The molecule has 0 aliphatic carbocycles. The summed E-state index contributed by atoms with van der Waals surface area (Å²) in [5, 5.41) is 10.5. The predicted octanol–water partition coefficient (Wildman–Crippen LogP) is 3.28. The molecule has 7 nitrogen and oxygen atoms in total. The van der Waals surface area contributed by atoms with Crippen LogP contribution in [0.25, 0.3) is 0 Å². The van der Waals surface area contributed by atoms with E-state index in [0.717, 1.165) is 6.07 Å². The Hall–Kier alpha value is -2.07. The Morgan fingerprint density at radius 3 is 2.52 bits per heavy atom. The quantitative estimate of drug-likeness (QED) is 0.388. The van der Waals surface area contributed by atoms with Crippen molar-refractivity contribution in [3.63, 3.8) is 0 Å². The van der Waals surface area contributed by atoms with Gasteiger partial charge in [-0.1, -0.05) is 11.6 Å². The van der Waals surface area contributed by atoms with Crippen LogP contribution in [0, 0.1) is 10.1 Å². The number of hydrogen-bond donors (Lipinski definition) is 0. The number of nitrogens with zero attached hydrogens (tertiary/aromatic N) is 2. The van der Waals surface area contributed by atoms with Gasteiger partial charge in [-0.05, 0) is 13.0 Å². The minimum Gasteiger partial charge on any atom is -0.465 e. The fraction of sp³-hybridized carbons (Fsp3) is 0.500. The van der Waals surface area contributed by atoms with Crippen molar-refractivity contribution in [2.45, 2.75) is 13.1 Å². The second kappa shape index (κ2) is 8.86. The van der Waals surface area contributed by atoms with E-state index >= 15 is 0 Å². The molecule has 0 fully saturated rings. The summed E-state index contributed by atoms with van der Waals surface area (Å²) in [6, 6.07) is 1.17. The average molecular weight is 385 g/mol. The number of methoxy groups -OCH3 is 1. The molecule has 11 heteroatoms. The second-order valence-corrected chi connectivity index (χ2v) is 5.20. The van der Waals surface area contributed by atoms with Crippen LogP contribution >= 0.6 is 11.6 Å². The molecule has 0 aliphatic heterocycles. The van der Waals surface area contributed by atoms with Crippen LogP contribution in [-0.2, 0) is 20.4 Å². The van der Waals surface area contributed by atoms with E-state index in [9.17, 15) is 28.1 Å². The van der Waals surface area contributed by atoms with Crippen LogP contribution in [0.2, 0.25) is 5.02 Å². The maximum Gasteiger partial charge on any atom is 0.418 e. The van der Waals surface area contributed by atoms with E-state index < -0.39 is 39.9 Å². The standard InChI is InChI=1S/C14H16ClF3N2O5/c1-3-25-13(21)8-19(4-5-24-2)11-7-10(15)9(14(16,17)18)6-12(11)20(22)23/h6-7H,3-5,8H2,1-2H3. The van der Waals surface area contributed by atoms with Crippen LogP contribution in [0.15, 0.2) is 12.1 Å². The summed E-state index contributed by atoms with van der Waals surface area (Å²) < 4.78 is 48.4. The Morgan fingerprint density at radius 2 is 2.04 bits per heavy atom. The van der Waals surface area contributed by atoms with Crippen molar-refractivity contribution in [2.75, 3.05) is 38.3 Å². The topological polar surface area (TPSA) is 81.9 Å². The molecule has 0 saturated carbocycles. The van der Waals surface area contributed by atoms with Gasteiger partial charge < -0.3 is 14.4 Å². The van der Waals surface area contributed by atoms with Gasteiger partial charge in [-0.2, -0.15) is 13.2 Å². The summed E-state index contributed by atoms with van der Waals surface area (Å²) in [6.45, 7) is 1.36. The van der Waals surface area contributed by atoms with Crippen molar-refractivity contribution in [3.8, 4) is 0 Å². The SMILES string of the molecule is CCOC(=O)CN(CCOC)c1cc(Cl)c(C(F)(F)F)cc1[N+](=O)[O-]. The Labute approximate surface area is 146 Å². The molecule has 0 aliphatic rings. The molecule has 0 spiro atoms. The Kier molecular flexibility index (Phi) is 7.43. The molecule has 0 bridgehead atoms. The third-order valence-electron chi connectivity index (χ3n) is 3.10. The second-order valence-electron chi connectivity index (χ2n) is 4.80. The number of nitro groups is 1. The zero-order valence-corrected chi connectivity index (χ0v) is 14.2. The number of anilines is 1. The first-order valence-corrected chi connectivity index (χ1v) is 7.44. The molecule has 1 aromatic carbocycles. The fourth-order valence-electron chi connectivity index (χ4n) is 2.02. The molecule has 0 N–H and O–H groups in total. The molecule has 140 valence electrons. The molecular formula is C14H16ClF3N2O5. The van der Waals surface area contributed by atoms with Crippen LogP contribution in [-0.4, -0.2) is 44.3 Å². The number of alkyl halides is 3. The molecule has 0 saturated heterocycles. The number of carbonyl (C=O) groups excluding carboxylic acids is 1. The minimum absolute atomic E-state index is 0.0118. The largest absolute Gasteiger partial charge is 0.465 e. The molecule has 0 atom stereocenters. The predicted molar refractivity (Wildman–Crippen MR) is 83.8 cm³/mol. The maximum atomic E-state index is 12.9. The molecule has 0 heterocycles. The molecular weight excluding hydrogens is 369 g/mol. The highest BCUT2D eigenvalue weighted by Gasteiger charge is 2.37. The van der Waals surface area contributed by atoms with Crippen molar-refractivity contribution in [1.29, 1.82) is 0 Å². The first-order valence-electron chi connectivity index (χ1n) is 7.06. The third-order valence-corrected chi connectivity index (χ3v) is 3.41. The first-order chi connectivity index (χ1) is 11.6. The monoisotopic (exact) mass is 384 g/mol. The number of benzene rings is 1. The van der Waals surface area contributed by atoms with Gasteiger partial charge in [0, 0.05) is 19.7 Å². The van der Waals surface area contributed by atoms with Gasteiger partial charge in [0.05, 0.1) is 28.7 Å². The van der Waals surface area contributed by atoms with Crippen molar-refractivity contribution in [1.82, 2.24) is 0 Å². The lowest BCUT2D eigenvalue weighted by Crippen LogP contribution is -2.34. The number of hydrogen-bond acceptors (Lipinski definition) is 6. The maximum absolute atomic E-state index is 12.9. The van der Waals surface area contributed by atoms with Crippen molar-refractivity contribution in [3.05, 3.63) is 32.8 Å². The number of halogens is 4. The zero-order valence-electron chi connectivity index (χ0n) is 13.4. The van der Waals surface area contributed by atoms with Crippen molar-refractivity contribution in [2.24, 2.45) is 0 Å². The molecule has 0 radical (unpaired) electrons. The number of esters is 1. The lowest BCUT2D eigenvalue weighted by atomic mass is 10.1.